The molecule has 0 bridgehead atoms. The molecule has 0 saturated carbocycles. The number of carboxylic acid groups (broad SMARTS) is 1. The van der Waals surface area contributed by atoms with Crippen molar-refractivity contribution in [2.45, 2.75) is 11.3 Å². The minimum absolute atomic E-state index is 0.0396. The molecular weight excluding hydrogens is 496 g/mol. The monoisotopic (exact) mass is 516 g/mol. The maximum atomic E-state index is 14.2. The number of hydrogen-bond donors (Lipinski definition) is 2. The van der Waals surface area contributed by atoms with Crippen LogP contribution in [0.25, 0.3) is 21.8 Å². The van der Waals surface area contributed by atoms with Crippen LogP contribution in [0, 0.1) is 0 Å². The SMILES string of the molecule is COC(=O)Cc1c(C(=O)c2c(C(=O)O)c3ccccc3n2S(=O)(=O)c2ccccc2)[nH]c2ccccc12. The second kappa shape index (κ2) is 9.07. The number of para-hydroxylation sites is 2. The number of carbonyl (C=O) groups is 3. The van der Waals surface area contributed by atoms with E-state index in [1.807, 2.05) is 0 Å². The van der Waals surface area contributed by atoms with Crippen molar-refractivity contribution < 1.29 is 32.6 Å². The normalized spacial score (nSPS) is 11.6. The molecule has 9 nitrogen and oxygen atoms in total. The van der Waals surface area contributed by atoms with E-state index in [0.717, 1.165) is 3.97 Å². The van der Waals surface area contributed by atoms with Gasteiger partial charge in [-0.2, -0.15) is 0 Å². The van der Waals surface area contributed by atoms with Crippen LogP contribution in [0.1, 0.15) is 32.1 Å². The number of ketones is 1. The van der Waals surface area contributed by atoms with E-state index in [4.69, 9.17) is 4.74 Å². The number of nitrogens with zero attached hydrogens (tertiary/aromatic N) is 1. The Hall–Kier alpha value is -4.70. The second-order valence-electron chi connectivity index (χ2n) is 8.23. The van der Waals surface area contributed by atoms with Crippen LogP contribution in [0.3, 0.4) is 0 Å². The number of nitrogens with one attached hydrogen (secondary N) is 1. The van der Waals surface area contributed by atoms with E-state index >= 15 is 0 Å². The predicted octanol–water partition coefficient (Wildman–Crippen LogP) is 4.00. The molecule has 0 fully saturated rings. The van der Waals surface area contributed by atoms with Crippen molar-refractivity contribution in [2.24, 2.45) is 0 Å². The van der Waals surface area contributed by atoms with Gasteiger partial charge in [0.25, 0.3) is 10.0 Å². The summed E-state index contributed by atoms with van der Waals surface area (Å²) in [6, 6.07) is 20.3. The van der Waals surface area contributed by atoms with Crippen LogP contribution in [0.4, 0.5) is 0 Å². The molecule has 186 valence electrons. The number of carbonyl (C=O) groups excluding carboxylic acids is 2. The van der Waals surface area contributed by atoms with Crippen LogP contribution in [-0.2, 0) is 26.0 Å². The summed E-state index contributed by atoms with van der Waals surface area (Å²) in [5.74, 6) is -2.97. The van der Waals surface area contributed by atoms with Gasteiger partial charge in [-0.05, 0) is 24.3 Å². The van der Waals surface area contributed by atoms with Gasteiger partial charge in [0.2, 0.25) is 5.78 Å². The number of ether oxygens (including phenoxy) is 1. The Balaban J connectivity index is 1.87. The highest BCUT2D eigenvalue weighted by atomic mass is 32.2. The standard InChI is InChI=1S/C27H20N2O7S/c1-36-22(30)15-19-17-11-5-7-13-20(17)28-24(19)26(31)25-23(27(32)33)18-12-6-8-14-21(18)29(25)37(34,35)16-9-3-2-4-10-16/h2-14,28H,15H2,1H3,(H,32,33). The number of H-pyrrole nitrogens is 1. The van der Waals surface area contributed by atoms with Crippen molar-refractivity contribution in [2.75, 3.05) is 7.11 Å². The van der Waals surface area contributed by atoms with Gasteiger partial charge < -0.3 is 14.8 Å². The van der Waals surface area contributed by atoms with Crippen LogP contribution in [0.15, 0.2) is 83.8 Å². The Labute approximate surface area is 211 Å². The van der Waals surface area contributed by atoms with E-state index in [-0.39, 0.29) is 33.5 Å². The van der Waals surface area contributed by atoms with Gasteiger partial charge in [-0.3, -0.25) is 9.59 Å². The van der Waals surface area contributed by atoms with E-state index in [0.29, 0.717) is 10.9 Å². The van der Waals surface area contributed by atoms with Gasteiger partial charge in [-0.1, -0.05) is 54.6 Å². The molecule has 5 aromatic rings. The van der Waals surface area contributed by atoms with Gasteiger partial charge in [-0.15, -0.1) is 0 Å². The first-order chi connectivity index (χ1) is 17.8. The molecule has 2 aromatic heterocycles. The Bertz CT molecular complexity index is 1820. The molecule has 0 saturated heterocycles. The molecular formula is C27H20N2O7S. The lowest BCUT2D eigenvalue weighted by Gasteiger charge is -2.12. The van der Waals surface area contributed by atoms with E-state index in [1.165, 1.54) is 43.5 Å². The zero-order valence-corrected chi connectivity index (χ0v) is 20.3. The smallest absolute Gasteiger partial charge is 0.338 e. The average molecular weight is 517 g/mol. The third kappa shape index (κ3) is 3.87. The number of aromatic carboxylic acids is 1. The first kappa shape index (κ1) is 24.0. The summed E-state index contributed by atoms with van der Waals surface area (Å²) in [7, 11) is -3.19. The zero-order chi connectivity index (χ0) is 26.3. The van der Waals surface area contributed by atoms with Gasteiger partial charge in [0, 0.05) is 21.9 Å². The minimum Gasteiger partial charge on any atom is -0.478 e. The Morgan fingerprint density at radius 1 is 0.892 bits per heavy atom. The summed E-state index contributed by atoms with van der Waals surface area (Å²) >= 11 is 0. The lowest BCUT2D eigenvalue weighted by molar-refractivity contribution is -0.139. The number of aromatic nitrogens is 2. The quantitative estimate of drug-likeness (QED) is 0.246. The topological polar surface area (TPSA) is 136 Å². The molecule has 2 N–H and O–H groups in total. The van der Waals surface area contributed by atoms with Gasteiger partial charge in [0.05, 0.1) is 35.2 Å². The maximum Gasteiger partial charge on any atom is 0.338 e. The number of benzene rings is 3. The highest BCUT2D eigenvalue weighted by molar-refractivity contribution is 7.90. The molecule has 0 aliphatic rings. The number of carboxylic acids is 1. The van der Waals surface area contributed by atoms with Crippen molar-refractivity contribution in [3.05, 3.63) is 101 Å². The summed E-state index contributed by atoms with van der Waals surface area (Å²) in [4.78, 5) is 41.7. The van der Waals surface area contributed by atoms with E-state index < -0.39 is 39.0 Å². The molecule has 10 heteroatoms. The fourth-order valence-corrected chi connectivity index (χ4v) is 6.04. The number of esters is 1. The predicted molar refractivity (Wildman–Crippen MR) is 135 cm³/mol. The fraction of sp³-hybridized carbons (Fsp3) is 0.0741. The summed E-state index contributed by atoms with van der Waals surface area (Å²) in [6.07, 6.45) is -0.282. The molecule has 0 spiro atoms. The zero-order valence-electron chi connectivity index (χ0n) is 19.5. The third-order valence-corrected chi connectivity index (χ3v) is 7.86. The van der Waals surface area contributed by atoms with Crippen LogP contribution in [0.2, 0.25) is 0 Å². The summed E-state index contributed by atoms with van der Waals surface area (Å²) in [5.41, 5.74) is -0.259. The molecule has 0 aliphatic heterocycles. The van der Waals surface area contributed by atoms with Crippen molar-refractivity contribution in [1.82, 2.24) is 8.96 Å². The van der Waals surface area contributed by atoms with E-state index in [9.17, 15) is 27.9 Å². The van der Waals surface area contributed by atoms with Gasteiger partial charge >= 0.3 is 11.9 Å². The fourth-order valence-electron chi connectivity index (χ4n) is 4.49. The maximum absolute atomic E-state index is 14.2. The molecule has 0 radical (unpaired) electrons. The third-order valence-electron chi connectivity index (χ3n) is 6.13. The molecule has 37 heavy (non-hydrogen) atoms. The van der Waals surface area contributed by atoms with E-state index in [2.05, 4.69) is 4.98 Å². The Morgan fingerprint density at radius 2 is 1.51 bits per heavy atom. The van der Waals surface area contributed by atoms with Crippen molar-refractivity contribution in [3.63, 3.8) is 0 Å². The van der Waals surface area contributed by atoms with Gasteiger partial charge in [0.15, 0.2) is 0 Å². The Kier molecular flexibility index (Phi) is 5.88. The largest absolute Gasteiger partial charge is 0.478 e. The summed E-state index contributed by atoms with van der Waals surface area (Å²) < 4.78 is 33.3. The molecule has 0 atom stereocenters. The second-order valence-corrected chi connectivity index (χ2v) is 10.0. The molecule has 0 unspecified atom stereocenters. The number of methoxy groups -OCH3 is 1. The molecule has 5 rings (SSSR count). The lowest BCUT2D eigenvalue weighted by Crippen LogP contribution is -2.22. The molecule has 3 aromatic carbocycles. The molecule has 0 amide bonds. The first-order valence-corrected chi connectivity index (χ1v) is 12.6. The van der Waals surface area contributed by atoms with Gasteiger partial charge in [-0.25, -0.2) is 17.2 Å². The highest BCUT2D eigenvalue weighted by Crippen LogP contribution is 2.34. The number of rotatable bonds is 7. The molecule has 2 heterocycles. The van der Waals surface area contributed by atoms with E-state index in [1.54, 1.807) is 42.5 Å². The van der Waals surface area contributed by atoms with Crippen LogP contribution in [0.5, 0.6) is 0 Å². The first-order valence-electron chi connectivity index (χ1n) is 11.1. The van der Waals surface area contributed by atoms with Crippen molar-refractivity contribution in [3.8, 4) is 0 Å². The van der Waals surface area contributed by atoms with Crippen molar-refractivity contribution in [1.29, 1.82) is 0 Å². The lowest BCUT2D eigenvalue weighted by atomic mass is 10.0. The van der Waals surface area contributed by atoms with Crippen molar-refractivity contribution >= 4 is 49.6 Å². The summed E-state index contributed by atoms with van der Waals surface area (Å²) in [5, 5.41) is 10.8. The number of hydrogen-bond acceptors (Lipinski definition) is 6. The highest BCUT2D eigenvalue weighted by Gasteiger charge is 2.35. The van der Waals surface area contributed by atoms with Crippen LogP contribution < -0.4 is 0 Å². The van der Waals surface area contributed by atoms with Crippen LogP contribution >= 0.6 is 0 Å². The average Bonchev–Trinajstić information content (AvgIpc) is 3.45. The van der Waals surface area contributed by atoms with Crippen LogP contribution in [-0.4, -0.2) is 47.3 Å². The Morgan fingerprint density at radius 3 is 2.19 bits per heavy atom. The molecule has 0 aliphatic carbocycles. The number of aromatic amines is 1. The number of fused-ring (bicyclic) bond motifs is 2. The van der Waals surface area contributed by atoms with Gasteiger partial charge in [0.1, 0.15) is 5.69 Å². The summed E-state index contributed by atoms with van der Waals surface area (Å²) in [6.45, 7) is 0. The minimum atomic E-state index is -4.41.